The zero-order chi connectivity index (χ0) is 24.5. The Morgan fingerprint density at radius 2 is 1.77 bits per heavy atom. The van der Waals surface area contributed by atoms with Crippen molar-refractivity contribution >= 4 is 39.3 Å². The molecule has 8 heteroatoms. The van der Waals surface area contributed by atoms with Crippen LogP contribution in [0.15, 0.2) is 76.1 Å². The predicted molar refractivity (Wildman–Crippen MR) is 134 cm³/mol. The van der Waals surface area contributed by atoms with Crippen molar-refractivity contribution in [2.75, 3.05) is 20.8 Å². The smallest absolute Gasteiger partial charge is 0.235 e. The second-order valence-corrected chi connectivity index (χ2v) is 8.20. The Labute approximate surface area is 204 Å². The molecule has 0 fully saturated rings. The van der Waals surface area contributed by atoms with E-state index < -0.39 is 5.43 Å². The first kappa shape index (κ1) is 22.6. The third kappa shape index (κ3) is 4.11. The van der Waals surface area contributed by atoms with Gasteiger partial charge in [0, 0.05) is 33.2 Å². The van der Waals surface area contributed by atoms with E-state index in [9.17, 15) is 9.59 Å². The van der Waals surface area contributed by atoms with Crippen molar-refractivity contribution in [2.24, 2.45) is 0 Å². The number of ether oxygens (including phenoxy) is 3. The van der Waals surface area contributed by atoms with E-state index in [1.54, 1.807) is 36.5 Å². The molecule has 0 bridgehead atoms. The van der Waals surface area contributed by atoms with Gasteiger partial charge in [-0.3, -0.25) is 9.59 Å². The number of aromatic amines is 1. The zero-order valence-electron chi connectivity index (χ0n) is 18.9. The first-order chi connectivity index (χ1) is 17.0. The first-order valence-corrected chi connectivity index (χ1v) is 11.1. The van der Waals surface area contributed by atoms with Gasteiger partial charge in [0.25, 0.3) is 0 Å². The van der Waals surface area contributed by atoms with Crippen LogP contribution in [-0.4, -0.2) is 31.6 Å². The van der Waals surface area contributed by atoms with Crippen molar-refractivity contribution in [1.29, 1.82) is 0 Å². The Bertz CT molecular complexity index is 1630. The van der Waals surface area contributed by atoms with Crippen LogP contribution in [0, 0.1) is 0 Å². The number of methoxy groups -OCH3 is 2. The molecule has 0 aliphatic rings. The molecule has 0 spiro atoms. The van der Waals surface area contributed by atoms with E-state index in [2.05, 4.69) is 4.98 Å². The molecule has 0 atom stereocenters. The highest BCUT2D eigenvalue weighted by Gasteiger charge is 2.21. The van der Waals surface area contributed by atoms with Crippen molar-refractivity contribution in [2.45, 2.75) is 0 Å². The van der Waals surface area contributed by atoms with E-state index in [1.807, 2.05) is 24.3 Å². The molecule has 0 saturated heterocycles. The van der Waals surface area contributed by atoms with Crippen molar-refractivity contribution in [3.8, 4) is 28.6 Å². The summed E-state index contributed by atoms with van der Waals surface area (Å²) in [5.74, 6) is 0.747. The molecular weight excluding hydrogens is 470 g/mol. The van der Waals surface area contributed by atoms with Gasteiger partial charge in [0.1, 0.15) is 5.58 Å². The van der Waals surface area contributed by atoms with Crippen LogP contribution in [-0.2, 0) is 0 Å². The van der Waals surface area contributed by atoms with Gasteiger partial charge in [-0.1, -0.05) is 29.8 Å². The van der Waals surface area contributed by atoms with Gasteiger partial charge < -0.3 is 23.6 Å². The normalized spacial score (nSPS) is 11.1. The summed E-state index contributed by atoms with van der Waals surface area (Å²) in [6.45, 7) is -0.362. The molecule has 3 aromatic carbocycles. The molecule has 0 amide bonds. The number of H-pyrrole nitrogens is 1. The lowest BCUT2D eigenvalue weighted by atomic mass is 10.1. The maximum absolute atomic E-state index is 13.4. The summed E-state index contributed by atoms with van der Waals surface area (Å²) in [7, 11) is 3.04. The molecule has 2 aromatic heterocycles. The molecule has 0 aliphatic heterocycles. The highest BCUT2D eigenvalue weighted by molar-refractivity contribution is 6.31. The second-order valence-electron chi connectivity index (χ2n) is 7.76. The van der Waals surface area contributed by atoms with Crippen LogP contribution < -0.4 is 19.6 Å². The van der Waals surface area contributed by atoms with Crippen molar-refractivity contribution in [3.05, 3.63) is 87.7 Å². The number of hydrogen-bond acceptors (Lipinski definition) is 6. The van der Waals surface area contributed by atoms with Crippen LogP contribution >= 0.6 is 11.6 Å². The fourth-order valence-electron chi connectivity index (χ4n) is 3.97. The van der Waals surface area contributed by atoms with Crippen molar-refractivity contribution < 1.29 is 23.4 Å². The highest BCUT2D eigenvalue weighted by atomic mass is 35.5. The Balaban J connectivity index is 1.60. The van der Waals surface area contributed by atoms with Gasteiger partial charge in [0.2, 0.25) is 17.0 Å². The standard InChI is InChI=1S/C27H20ClNO6/c1-32-23-9-7-15(11-24(23)33-2)26-27(25(31)18-12-16(28)8-10-22(18)35-26)34-14-21(30)19-13-29-20-6-4-3-5-17(19)20/h3-13,29H,14H2,1-2H3. The molecule has 7 nitrogen and oxygen atoms in total. The summed E-state index contributed by atoms with van der Waals surface area (Å²) >= 11 is 6.11. The topological polar surface area (TPSA) is 90.8 Å². The van der Waals surface area contributed by atoms with Gasteiger partial charge in [-0.25, -0.2) is 0 Å². The molecule has 5 rings (SSSR count). The van der Waals surface area contributed by atoms with E-state index in [0.29, 0.717) is 33.2 Å². The summed E-state index contributed by atoms with van der Waals surface area (Å²) < 4.78 is 22.6. The highest BCUT2D eigenvalue weighted by Crippen LogP contribution is 2.37. The van der Waals surface area contributed by atoms with Crippen LogP contribution in [0.1, 0.15) is 10.4 Å². The number of para-hydroxylation sites is 1. The first-order valence-electron chi connectivity index (χ1n) is 10.7. The summed E-state index contributed by atoms with van der Waals surface area (Å²) in [5, 5.41) is 1.40. The molecular formula is C27H20ClNO6. The molecule has 35 heavy (non-hydrogen) atoms. The Kier molecular flexibility index (Phi) is 5.93. The molecule has 2 heterocycles. The number of rotatable bonds is 7. The number of ketones is 1. The van der Waals surface area contributed by atoms with E-state index in [4.69, 9.17) is 30.2 Å². The fourth-order valence-corrected chi connectivity index (χ4v) is 4.14. The van der Waals surface area contributed by atoms with E-state index in [0.717, 1.165) is 10.9 Å². The second kappa shape index (κ2) is 9.19. The SMILES string of the molecule is COc1ccc(-c2oc3ccc(Cl)cc3c(=O)c2OCC(=O)c2c[nH]c3ccccc23)cc1OC. The maximum atomic E-state index is 13.4. The summed E-state index contributed by atoms with van der Waals surface area (Å²) in [5.41, 5.74) is 1.72. The number of fused-ring (bicyclic) bond motifs is 2. The lowest BCUT2D eigenvalue weighted by Crippen LogP contribution is -2.17. The minimum absolute atomic E-state index is 0.0971. The zero-order valence-corrected chi connectivity index (χ0v) is 19.6. The molecule has 1 N–H and O–H groups in total. The van der Waals surface area contributed by atoms with Crippen LogP contribution in [0.3, 0.4) is 0 Å². The van der Waals surface area contributed by atoms with E-state index >= 15 is 0 Å². The molecule has 176 valence electrons. The molecule has 0 saturated carbocycles. The fraction of sp³-hybridized carbons (Fsp3) is 0.111. The third-order valence-electron chi connectivity index (χ3n) is 5.69. The molecule has 0 unspecified atom stereocenters. The molecule has 0 aliphatic carbocycles. The maximum Gasteiger partial charge on any atom is 0.235 e. The Hall–Kier alpha value is -4.23. The minimum Gasteiger partial charge on any atom is -0.493 e. The number of benzene rings is 3. The van der Waals surface area contributed by atoms with Crippen LogP contribution in [0.2, 0.25) is 5.02 Å². The number of carbonyl (C=O) groups excluding carboxylic acids is 1. The Morgan fingerprint density at radius 3 is 2.57 bits per heavy atom. The minimum atomic E-state index is -0.440. The number of carbonyl (C=O) groups is 1. The average Bonchev–Trinajstić information content (AvgIpc) is 3.32. The van der Waals surface area contributed by atoms with Gasteiger partial charge in [-0.05, 0) is 42.5 Å². The summed E-state index contributed by atoms with van der Waals surface area (Å²) in [6.07, 6.45) is 1.63. The van der Waals surface area contributed by atoms with Crippen molar-refractivity contribution in [1.82, 2.24) is 4.98 Å². The van der Waals surface area contributed by atoms with Gasteiger partial charge in [-0.2, -0.15) is 0 Å². The van der Waals surface area contributed by atoms with Crippen molar-refractivity contribution in [3.63, 3.8) is 0 Å². The number of halogens is 1. The van der Waals surface area contributed by atoms with E-state index in [1.165, 1.54) is 20.3 Å². The van der Waals surface area contributed by atoms with Gasteiger partial charge in [0.05, 0.1) is 19.6 Å². The van der Waals surface area contributed by atoms with Crippen LogP contribution in [0.5, 0.6) is 17.2 Å². The quantitative estimate of drug-likeness (QED) is 0.287. The number of aromatic nitrogens is 1. The lowest BCUT2D eigenvalue weighted by molar-refractivity contribution is 0.0922. The molecule has 5 aromatic rings. The average molecular weight is 490 g/mol. The largest absolute Gasteiger partial charge is 0.493 e. The van der Waals surface area contributed by atoms with Gasteiger partial charge in [0.15, 0.2) is 23.9 Å². The van der Waals surface area contributed by atoms with E-state index in [-0.39, 0.29) is 29.3 Å². The van der Waals surface area contributed by atoms with Gasteiger partial charge in [-0.15, -0.1) is 0 Å². The van der Waals surface area contributed by atoms with Crippen LogP contribution in [0.25, 0.3) is 33.2 Å². The monoisotopic (exact) mass is 489 g/mol. The summed E-state index contributed by atoms with van der Waals surface area (Å²) in [4.78, 5) is 29.5. The molecule has 0 radical (unpaired) electrons. The lowest BCUT2D eigenvalue weighted by Gasteiger charge is -2.13. The number of Topliss-reactive ketones (excluding diaryl/α,β-unsaturated/α-hetero) is 1. The Morgan fingerprint density at radius 1 is 0.971 bits per heavy atom. The summed E-state index contributed by atoms with van der Waals surface area (Å²) in [6, 6.07) is 17.3. The van der Waals surface area contributed by atoms with Gasteiger partial charge >= 0.3 is 0 Å². The number of nitrogens with one attached hydrogen (secondary N) is 1. The third-order valence-corrected chi connectivity index (χ3v) is 5.93. The predicted octanol–water partition coefficient (Wildman–Crippen LogP) is 5.87. The number of hydrogen-bond donors (Lipinski definition) is 1. The van der Waals surface area contributed by atoms with Crippen LogP contribution in [0.4, 0.5) is 0 Å².